The normalized spacial score (nSPS) is 13.3. The van der Waals surface area contributed by atoms with Crippen LogP contribution in [0.4, 0.5) is 0 Å². The van der Waals surface area contributed by atoms with Crippen molar-refractivity contribution in [2.75, 3.05) is 6.61 Å². The van der Waals surface area contributed by atoms with E-state index >= 15 is 0 Å². The monoisotopic (exact) mass is 358 g/mol. The van der Waals surface area contributed by atoms with Gasteiger partial charge in [0.05, 0.1) is 6.61 Å². The third-order valence-corrected chi connectivity index (χ3v) is 4.67. The average Bonchev–Trinajstić information content (AvgIpc) is 2.55. The number of allylic oxidation sites excluding steroid dienone is 8. The molecule has 26 heavy (non-hydrogen) atoms. The first-order valence-corrected chi connectivity index (χ1v) is 10.1. The SMILES string of the molecule is C=C(CC=C(C)CCC=C(C)C)CCC(C)(C)C=CCCC(C)=CCO. The van der Waals surface area contributed by atoms with E-state index in [0.717, 1.165) is 44.9 Å². The molecule has 0 aliphatic carbocycles. The van der Waals surface area contributed by atoms with Gasteiger partial charge in [-0.15, -0.1) is 0 Å². The molecule has 0 unspecified atom stereocenters. The summed E-state index contributed by atoms with van der Waals surface area (Å²) in [5.74, 6) is 0. The van der Waals surface area contributed by atoms with Crippen molar-refractivity contribution < 1.29 is 5.11 Å². The Labute approximate surface area is 163 Å². The molecular weight excluding hydrogens is 316 g/mol. The first kappa shape index (κ1) is 24.7. The summed E-state index contributed by atoms with van der Waals surface area (Å²) in [4.78, 5) is 0. The highest BCUT2D eigenvalue weighted by Crippen LogP contribution is 2.27. The first-order chi connectivity index (χ1) is 12.2. The highest BCUT2D eigenvalue weighted by Gasteiger charge is 2.13. The first-order valence-electron chi connectivity index (χ1n) is 10.1. The third-order valence-electron chi connectivity index (χ3n) is 4.67. The van der Waals surface area contributed by atoms with E-state index in [2.05, 4.69) is 72.4 Å². The molecular formula is C25H42O. The molecule has 0 bridgehead atoms. The fraction of sp³-hybridized carbons (Fsp3) is 0.600. The lowest BCUT2D eigenvalue weighted by Gasteiger charge is -2.20. The molecule has 0 aromatic carbocycles. The predicted octanol–water partition coefficient (Wildman–Crippen LogP) is 7.71. The molecule has 0 aliphatic rings. The van der Waals surface area contributed by atoms with Gasteiger partial charge in [-0.3, -0.25) is 0 Å². The van der Waals surface area contributed by atoms with Crippen molar-refractivity contribution in [2.45, 2.75) is 86.5 Å². The van der Waals surface area contributed by atoms with Crippen LogP contribution >= 0.6 is 0 Å². The molecule has 1 N–H and O–H groups in total. The van der Waals surface area contributed by atoms with E-state index in [1.807, 2.05) is 6.08 Å². The summed E-state index contributed by atoms with van der Waals surface area (Å²) in [6.45, 7) is 17.6. The van der Waals surface area contributed by atoms with Crippen LogP contribution < -0.4 is 0 Å². The van der Waals surface area contributed by atoms with Crippen LogP contribution in [0.3, 0.4) is 0 Å². The van der Waals surface area contributed by atoms with Crippen LogP contribution in [0, 0.1) is 5.41 Å². The molecule has 0 fully saturated rings. The molecule has 0 aliphatic heterocycles. The van der Waals surface area contributed by atoms with Crippen LogP contribution in [-0.2, 0) is 0 Å². The van der Waals surface area contributed by atoms with Crippen molar-refractivity contribution in [3.8, 4) is 0 Å². The van der Waals surface area contributed by atoms with Crippen molar-refractivity contribution in [2.24, 2.45) is 5.41 Å². The lowest BCUT2D eigenvalue weighted by molar-refractivity contribution is 0.341. The number of hydrogen-bond acceptors (Lipinski definition) is 1. The predicted molar refractivity (Wildman–Crippen MR) is 118 cm³/mol. The van der Waals surface area contributed by atoms with E-state index in [9.17, 15) is 0 Å². The zero-order valence-electron chi connectivity index (χ0n) is 18.2. The zero-order chi connectivity index (χ0) is 20.0. The van der Waals surface area contributed by atoms with Crippen LogP contribution in [0.1, 0.15) is 86.5 Å². The van der Waals surface area contributed by atoms with Crippen molar-refractivity contribution >= 4 is 0 Å². The summed E-state index contributed by atoms with van der Waals surface area (Å²) in [5.41, 5.74) is 5.66. The maximum absolute atomic E-state index is 8.88. The Morgan fingerprint density at radius 2 is 1.50 bits per heavy atom. The van der Waals surface area contributed by atoms with Crippen LogP contribution in [-0.4, -0.2) is 11.7 Å². The molecule has 1 heteroatoms. The van der Waals surface area contributed by atoms with Crippen LogP contribution in [0.5, 0.6) is 0 Å². The Kier molecular flexibility index (Phi) is 13.1. The third kappa shape index (κ3) is 15.0. The minimum atomic E-state index is 0.145. The van der Waals surface area contributed by atoms with Crippen molar-refractivity contribution in [1.82, 2.24) is 0 Å². The molecule has 0 saturated heterocycles. The van der Waals surface area contributed by atoms with Gasteiger partial charge >= 0.3 is 0 Å². The van der Waals surface area contributed by atoms with Gasteiger partial charge in [0, 0.05) is 0 Å². The lowest BCUT2D eigenvalue weighted by atomic mass is 9.85. The van der Waals surface area contributed by atoms with Gasteiger partial charge in [0.1, 0.15) is 0 Å². The van der Waals surface area contributed by atoms with E-state index in [0.29, 0.717) is 0 Å². The van der Waals surface area contributed by atoms with E-state index in [4.69, 9.17) is 5.11 Å². The Bertz CT molecular complexity index is 522. The molecule has 0 radical (unpaired) electrons. The summed E-state index contributed by atoms with van der Waals surface area (Å²) >= 11 is 0. The molecule has 0 heterocycles. The number of hydrogen-bond donors (Lipinski definition) is 1. The molecule has 0 spiro atoms. The molecule has 0 aromatic rings. The van der Waals surface area contributed by atoms with Gasteiger partial charge < -0.3 is 5.11 Å². The topological polar surface area (TPSA) is 20.2 Å². The molecule has 0 amide bonds. The molecule has 1 nitrogen and oxygen atoms in total. The second-order valence-corrected chi connectivity index (χ2v) is 8.49. The molecule has 0 rings (SSSR count). The Hall–Kier alpha value is -1.34. The van der Waals surface area contributed by atoms with Crippen molar-refractivity contribution in [3.63, 3.8) is 0 Å². The van der Waals surface area contributed by atoms with E-state index in [1.54, 1.807) is 0 Å². The zero-order valence-corrected chi connectivity index (χ0v) is 18.2. The Morgan fingerprint density at radius 1 is 0.885 bits per heavy atom. The summed E-state index contributed by atoms with van der Waals surface area (Å²) in [6.07, 6.45) is 18.7. The second kappa shape index (κ2) is 13.8. The smallest absolute Gasteiger partial charge is 0.0614 e. The maximum Gasteiger partial charge on any atom is 0.0614 e. The largest absolute Gasteiger partial charge is 0.392 e. The maximum atomic E-state index is 8.88. The van der Waals surface area contributed by atoms with Crippen LogP contribution in [0.25, 0.3) is 0 Å². The van der Waals surface area contributed by atoms with Gasteiger partial charge in [0.15, 0.2) is 0 Å². The van der Waals surface area contributed by atoms with Crippen LogP contribution in [0.2, 0.25) is 0 Å². The van der Waals surface area contributed by atoms with Crippen LogP contribution in [0.15, 0.2) is 59.3 Å². The van der Waals surface area contributed by atoms with Crippen molar-refractivity contribution in [3.05, 3.63) is 59.3 Å². The van der Waals surface area contributed by atoms with Crippen molar-refractivity contribution in [1.29, 1.82) is 0 Å². The average molecular weight is 359 g/mol. The fourth-order valence-electron chi connectivity index (χ4n) is 2.66. The molecule has 0 aromatic heterocycles. The Morgan fingerprint density at radius 3 is 2.12 bits per heavy atom. The highest BCUT2D eigenvalue weighted by atomic mass is 16.2. The minimum Gasteiger partial charge on any atom is -0.392 e. The summed E-state index contributed by atoms with van der Waals surface area (Å²) < 4.78 is 0. The van der Waals surface area contributed by atoms with Gasteiger partial charge in [-0.05, 0) is 78.1 Å². The van der Waals surface area contributed by atoms with E-state index < -0.39 is 0 Å². The van der Waals surface area contributed by atoms with Gasteiger partial charge in [0.25, 0.3) is 0 Å². The summed E-state index contributed by atoms with van der Waals surface area (Å²) in [6, 6.07) is 0. The Balaban J connectivity index is 4.18. The summed E-state index contributed by atoms with van der Waals surface area (Å²) in [5, 5.41) is 8.88. The number of rotatable bonds is 13. The fourth-order valence-corrected chi connectivity index (χ4v) is 2.66. The standard InChI is InChI=1S/C25H42O/c1-21(2)11-10-13-22(3)14-15-24(5)16-19-25(6,7)18-9-8-12-23(4)17-20-26/h9,11,14,17-18,26H,5,8,10,12-13,15-16,19-20H2,1-4,6-7H3. The van der Waals surface area contributed by atoms with Gasteiger partial charge in [-0.1, -0.05) is 73.1 Å². The van der Waals surface area contributed by atoms with E-state index in [1.165, 1.54) is 22.3 Å². The number of aliphatic hydroxyl groups excluding tert-OH is 1. The highest BCUT2D eigenvalue weighted by molar-refractivity contribution is 5.10. The summed E-state index contributed by atoms with van der Waals surface area (Å²) in [7, 11) is 0. The molecule has 0 saturated carbocycles. The molecule has 148 valence electrons. The van der Waals surface area contributed by atoms with Gasteiger partial charge in [0.2, 0.25) is 0 Å². The van der Waals surface area contributed by atoms with Gasteiger partial charge in [-0.2, -0.15) is 0 Å². The minimum absolute atomic E-state index is 0.145. The second-order valence-electron chi connectivity index (χ2n) is 8.49. The van der Waals surface area contributed by atoms with Gasteiger partial charge in [-0.25, -0.2) is 0 Å². The number of aliphatic hydroxyl groups is 1. The molecule has 0 atom stereocenters. The van der Waals surface area contributed by atoms with E-state index in [-0.39, 0.29) is 12.0 Å². The quantitative estimate of drug-likeness (QED) is 0.334. The lowest BCUT2D eigenvalue weighted by Crippen LogP contribution is -2.07.